The van der Waals surface area contributed by atoms with E-state index in [1.54, 1.807) is 12.5 Å². The number of hydrogen-bond donors (Lipinski definition) is 2. The maximum Gasteiger partial charge on any atom is 0.323 e. The van der Waals surface area contributed by atoms with Gasteiger partial charge in [0.05, 0.1) is 12.5 Å². The number of hydrogen-bond acceptors (Lipinski definition) is 9. The summed E-state index contributed by atoms with van der Waals surface area (Å²) in [5, 5.41) is 0. The SMILES string of the molecule is CCCCCCCCCCCCCCCCCCCCCC(=O)OCC(COC(=O)[C@@H](N)C(C)C)OCc1ncc2[nH]cnc2n1. The Morgan fingerprint density at radius 1 is 0.761 bits per heavy atom. The predicted molar refractivity (Wildman–Crippen MR) is 183 cm³/mol. The lowest BCUT2D eigenvalue weighted by molar-refractivity contribution is -0.157. The summed E-state index contributed by atoms with van der Waals surface area (Å²) < 4.78 is 16.7. The van der Waals surface area contributed by atoms with Crippen LogP contribution >= 0.6 is 0 Å². The Morgan fingerprint density at radius 3 is 1.83 bits per heavy atom. The average molecular weight is 646 g/mol. The Balaban J connectivity index is 1.51. The summed E-state index contributed by atoms with van der Waals surface area (Å²) in [6.45, 7) is 5.91. The van der Waals surface area contributed by atoms with Gasteiger partial charge in [-0.05, 0) is 12.3 Å². The summed E-state index contributed by atoms with van der Waals surface area (Å²) in [7, 11) is 0. The molecule has 0 bridgehead atoms. The highest BCUT2D eigenvalue weighted by molar-refractivity contribution is 5.75. The molecule has 3 N–H and O–H groups in total. The highest BCUT2D eigenvalue weighted by atomic mass is 16.6. The summed E-state index contributed by atoms with van der Waals surface area (Å²) >= 11 is 0. The van der Waals surface area contributed by atoms with Crippen LogP contribution in [0.1, 0.15) is 155 Å². The highest BCUT2D eigenvalue weighted by Gasteiger charge is 2.22. The molecule has 2 aromatic rings. The van der Waals surface area contributed by atoms with Crippen molar-refractivity contribution in [3.8, 4) is 0 Å². The molecule has 46 heavy (non-hydrogen) atoms. The van der Waals surface area contributed by atoms with Gasteiger partial charge in [0, 0.05) is 6.42 Å². The summed E-state index contributed by atoms with van der Waals surface area (Å²) in [5.41, 5.74) is 7.16. The fraction of sp³-hybridized carbons (Fsp3) is 0.806. The van der Waals surface area contributed by atoms with Crippen LogP contribution in [0.5, 0.6) is 0 Å². The van der Waals surface area contributed by atoms with Crippen molar-refractivity contribution in [2.45, 2.75) is 168 Å². The number of unbranched alkanes of at least 4 members (excludes halogenated alkanes) is 18. The third kappa shape index (κ3) is 18.5. The third-order valence-electron chi connectivity index (χ3n) is 8.49. The first-order valence-electron chi connectivity index (χ1n) is 18.2. The van der Waals surface area contributed by atoms with Crippen LogP contribution in [0, 0.1) is 5.92 Å². The van der Waals surface area contributed by atoms with Crippen molar-refractivity contribution >= 4 is 23.1 Å². The molecule has 0 spiro atoms. The molecule has 0 fully saturated rings. The fourth-order valence-corrected chi connectivity index (χ4v) is 5.33. The van der Waals surface area contributed by atoms with E-state index in [4.69, 9.17) is 19.9 Å². The Bertz CT molecular complexity index is 1060. The van der Waals surface area contributed by atoms with Crippen molar-refractivity contribution in [2.75, 3.05) is 13.2 Å². The van der Waals surface area contributed by atoms with Gasteiger partial charge in [0.15, 0.2) is 11.5 Å². The molecule has 2 aromatic heterocycles. The molecule has 0 saturated carbocycles. The molecule has 0 radical (unpaired) electrons. The second-order valence-electron chi connectivity index (χ2n) is 13.1. The molecule has 0 aliphatic carbocycles. The molecule has 0 aliphatic rings. The Kier molecular flexibility index (Phi) is 21.9. The summed E-state index contributed by atoms with van der Waals surface area (Å²) in [4.78, 5) is 40.4. The number of nitrogens with two attached hydrogens (primary N) is 1. The smallest absolute Gasteiger partial charge is 0.323 e. The van der Waals surface area contributed by atoms with Crippen LogP contribution in [0.25, 0.3) is 11.2 Å². The molecular weight excluding hydrogens is 582 g/mol. The predicted octanol–water partition coefficient (Wildman–Crippen LogP) is 8.13. The van der Waals surface area contributed by atoms with Crippen molar-refractivity contribution in [3.63, 3.8) is 0 Å². The van der Waals surface area contributed by atoms with Crippen LogP contribution in [0.4, 0.5) is 0 Å². The first kappa shape index (κ1) is 39.6. The molecular formula is C36H63N5O5. The number of fused-ring (bicyclic) bond motifs is 1. The number of carbonyl (C=O) groups excluding carboxylic acids is 2. The zero-order chi connectivity index (χ0) is 33.2. The van der Waals surface area contributed by atoms with E-state index in [-0.39, 0.29) is 31.7 Å². The van der Waals surface area contributed by atoms with Gasteiger partial charge < -0.3 is 24.9 Å². The van der Waals surface area contributed by atoms with Gasteiger partial charge >= 0.3 is 11.9 Å². The lowest BCUT2D eigenvalue weighted by Gasteiger charge is -2.20. The zero-order valence-electron chi connectivity index (χ0n) is 29.1. The van der Waals surface area contributed by atoms with E-state index in [9.17, 15) is 9.59 Å². The highest BCUT2D eigenvalue weighted by Crippen LogP contribution is 2.15. The van der Waals surface area contributed by atoms with Crippen LogP contribution in [-0.2, 0) is 30.4 Å². The van der Waals surface area contributed by atoms with E-state index in [1.165, 1.54) is 103 Å². The van der Waals surface area contributed by atoms with Crippen LogP contribution in [0.2, 0.25) is 0 Å². The number of imidazole rings is 1. The number of carbonyl (C=O) groups is 2. The molecule has 262 valence electrons. The summed E-state index contributed by atoms with van der Waals surface area (Å²) in [5.74, 6) is -0.425. The molecule has 2 atom stereocenters. The minimum Gasteiger partial charge on any atom is -0.463 e. The summed E-state index contributed by atoms with van der Waals surface area (Å²) in [6.07, 6.45) is 27.8. The van der Waals surface area contributed by atoms with Gasteiger partial charge in [0.2, 0.25) is 0 Å². The molecule has 0 saturated heterocycles. The van der Waals surface area contributed by atoms with Gasteiger partial charge in [-0.25, -0.2) is 15.0 Å². The topological polar surface area (TPSA) is 142 Å². The maximum atomic E-state index is 12.4. The molecule has 2 rings (SSSR count). The second-order valence-corrected chi connectivity index (χ2v) is 13.1. The monoisotopic (exact) mass is 645 g/mol. The van der Waals surface area contributed by atoms with Crippen molar-refractivity contribution < 1.29 is 23.8 Å². The second kappa shape index (κ2) is 25.5. The van der Waals surface area contributed by atoms with Gasteiger partial charge in [0.25, 0.3) is 0 Å². The maximum absolute atomic E-state index is 12.4. The Labute approximate surface area is 277 Å². The van der Waals surface area contributed by atoms with Crippen molar-refractivity contribution in [2.24, 2.45) is 11.7 Å². The van der Waals surface area contributed by atoms with Crippen LogP contribution < -0.4 is 5.73 Å². The van der Waals surface area contributed by atoms with E-state index in [2.05, 4.69) is 26.9 Å². The van der Waals surface area contributed by atoms with Crippen LogP contribution in [0.15, 0.2) is 12.5 Å². The number of ether oxygens (including phenoxy) is 3. The van der Waals surface area contributed by atoms with E-state index in [0.29, 0.717) is 17.9 Å². The standard InChI is InChI=1S/C36H63N5O5/c1-4-5-6-7-8-9-10-11-12-13-14-15-16-17-18-19-20-21-22-23-33(42)45-25-30(26-46-36(43)34(37)29(2)3)44-27-32-38-24-31-35(41-32)40-28-39-31/h24,28-30,34H,4-23,25-27,37H2,1-3H3,(H,38,39,40,41)/t30?,34-/m0/s1. The number of nitrogens with zero attached hydrogens (tertiary/aromatic N) is 3. The average Bonchev–Trinajstić information content (AvgIpc) is 3.53. The lowest BCUT2D eigenvalue weighted by Crippen LogP contribution is -2.39. The van der Waals surface area contributed by atoms with Crippen molar-refractivity contribution in [3.05, 3.63) is 18.3 Å². The molecule has 0 amide bonds. The van der Waals surface area contributed by atoms with Gasteiger partial charge in [-0.1, -0.05) is 136 Å². The van der Waals surface area contributed by atoms with Crippen molar-refractivity contribution in [1.29, 1.82) is 0 Å². The minimum absolute atomic E-state index is 0.0349. The zero-order valence-corrected chi connectivity index (χ0v) is 29.1. The first-order valence-corrected chi connectivity index (χ1v) is 18.2. The molecule has 0 aromatic carbocycles. The number of aromatic nitrogens is 4. The van der Waals surface area contributed by atoms with Crippen molar-refractivity contribution in [1.82, 2.24) is 19.9 Å². The minimum atomic E-state index is -0.733. The Hall–Kier alpha value is -2.59. The molecule has 2 heterocycles. The normalized spacial score (nSPS) is 12.9. The van der Waals surface area contributed by atoms with Gasteiger partial charge in [0.1, 0.15) is 37.5 Å². The van der Waals surface area contributed by atoms with Crippen LogP contribution in [-0.4, -0.2) is 57.2 Å². The van der Waals surface area contributed by atoms with Gasteiger partial charge in [-0.3, -0.25) is 9.59 Å². The third-order valence-corrected chi connectivity index (χ3v) is 8.49. The molecule has 0 aliphatic heterocycles. The van der Waals surface area contributed by atoms with Gasteiger partial charge in [-0.2, -0.15) is 0 Å². The quantitative estimate of drug-likeness (QED) is 0.0662. The molecule has 10 heteroatoms. The van der Waals surface area contributed by atoms with Crippen LogP contribution in [0.3, 0.4) is 0 Å². The number of rotatable bonds is 29. The largest absolute Gasteiger partial charge is 0.463 e. The number of nitrogens with one attached hydrogen (secondary N) is 1. The van der Waals surface area contributed by atoms with E-state index in [1.807, 2.05) is 13.8 Å². The molecule has 10 nitrogen and oxygen atoms in total. The van der Waals surface area contributed by atoms with E-state index < -0.39 is 18.1 Å². The van der Waals surface area contributed by atoms with E-state index in [0.717, 1.165) is 24.8 Å². The van der Waals surface area contributed by atoms with Gasteiger partial charge in [-0.15, -0.1) is 0 Å². The first-order chi connectivity index (χ1) is 22.4. The lowest BCUT2D eigenvalue weighted by atomic mass is 10.0. The summed E-state index contributed by atoms with van der Waals surface area (Å²) in [6, 6.07) is -0.733. The fourth-order valence-electron chi connectivity index (χ4n) is 5.33. The Morgan fingerprint density at radius 2 is 1.28 bits per heavy atom. The number of H-pyrrole nitrogens is 1. The number of esters is 2. The molecule has 1 unspecified atom stereocenters. The number of aromatic amines is 1. The van der Waals surface area contributed by atoms with E-state index >= 15 is 0 Å².